The molecule has 1 aromatic heterocycles. The molecule has 102 valence electrons. The van der Waals surface area contributed by atoms with Gasteiger partial charge in [-0.15, -0.1) is 0 Å². The molecule has 0 aromatic carbocycles. The highest BCUT2D eigenvalue weighted by Crippen LogP contribution is 2.14. The molecule has 0 radical (unpaired) electrons. The number of amides is 1. The number of nitrogens with two attached hydrogens (primary N) is 1. The number of rotatable bonds is 6. The van der Waals surface area contributed by atoms with E-state index in [1.54, 1.807) is 18.1 Å². The van der Waals surface area contributed by atoms with Crippen molar-refractivity contribution >= 4 is 5.91 Å². The second kappa shape index (κ2) is 6.54. The molecule has 0 spiro atoms. The molecule has 1 unspecified atom stereocenters. The Morgan fingerprint density at radius 1 is 1.56 bits per heavy atom. The first-order chi connectivity index (χ1) is 8.45. The topological polar surface area (TPSA) is 64.2 Å². The van der Waals surface area contributed by atoms with Crippen LogP contribution in [0, 0.1) is 11.8 Å². The third kappa shape index (κ3) is 3.84. The molecule has 1 aromatic rings. The van der Waals surface area contributed by atoms with Crippen LogP contribution < -0.4 is 5.73 Å². The van der Waals surface area contributed by atoms with E-state index in [2.05, 4.69) is 18.8 Å². The molecule has 5 nitrogen and oxygen atoms in total. The third-order valence-electron chi connectivity index (χ3n) is 3.07. The van der Waals surface area contributed by atoms with Crippen molar-refractivity contribution in [2.24, 2.45) is 24.6 Å². The summed E-state index contributed by atoms with van der Waals surface area (Å²) in [6.07, 6.45) is 4.45. The number of aryl methyl sites for hydroxylation is 1. The van der Waals surface area contributed by atoms with Gasteiger partial charge in [0, 0.05) is 33.0 Å². The van der Waals surface area contributed by atoms with E-state index < -0.39 is 0 Å². The lowest BCUT2D eigenvalue weighted by molar-refractivity contribution is -0.135. The summed E-state index contributed by atoms with van der Waals surface area (Å²) in [6.45, 7) is 5.14. The van der Waals surface area contributed by atoms with Gasteiger partial charge < -0.3 is 15.2 Å². The lowest BCUT2D eigenvalue weighted by Crippen LogP contribution is -2.37. The van der Waals surface area contributed by atoms with Crippen molar-refractivity contribution in [3.63, 3.8) is 0 Å². The highest BCUT2D eigenvalue weighted by molar-refractivity contribution is 5.78. The Balaban J connectivity index is 2.62. The lowest BCUT2D eigenvalue weighted by atomic mass is 9.96. The van der Waals surface area contributed by atoms with Gasteiger partial charge in [0.25, 0.3) is 0 Å². The Morgan fingerprint density at radius 3 is 2.67 bits per heavy atom. The Labute approximate surface area is 109 Å². The van der Waals surface area contributed by atoms with Crippen LogP contribution >= 0.6 is 0 Å². The van der Waals surface area contributed by atoms with E-state index in [1.165, 1.54) is 0 Å². The van der Waals surface area contributed by atoms with E-state index in [9.17, 15) is 4.79 Å². The van der Waals surface area contributed by atoms with Gasteiger partial charge in [0.15, 0.2) is 0 Å². The molecule has 5 heteroatoms. The molecule has 1 rings (SSSR count). The normalized spacial score (nSPS) is 12.8. The fraction of sp³-hybridized carbons (Fsp3) is 0.692. The molecule has 0 saturated carbocycles. The molecule has 1 amide bonds. The van der Waals surface area contributed by atoms with E-state index in [1.807, 2.05) is 17.8 Å². The summed E-state index contributed by atoms with van der Waals surface area (Å²) in [5.41, 5.74) is 5.69. The largest absolute Gasteiger partial charge is 0.338 e. The average Bonchev–Trinajstić information content (AvgIpc) is 2.70. The molecule has 1 atom stereocenters. The molecular formula is C13H24N4O. The first kappa shape index (κ1) is 14.7. The number of carbonyl (C=O) groups is 1. The van der Waals surface area contributed by atoms with Crippen LogP contribution in [0.2, 0.25) is 0 Å². The summed E-state index contributed by atoms with van der Waals surface area (Å²) in [5, 5.41) is 0. The predicted molar refractivity (Wildman–Crippen MR) is 71.7 cm³/mol. The van der Waals surface area contributed by atoms with E-state index in [4.69, 9.17) is 5.73 Å². The maximum atomic E-state index is 12.3. The zero-order valence-electron chi connectivity index (χ0n) is 11.8. The number of hydrogen-bond acceptors (Lipinski definition) is 3. The first-order valence-electron chi connectivity index (χ1n) is 6.37. The van der Waals surface area contributed by atoms with Gasteiger partial charge in [0.2, 0.25) is 5.91 Å². The summed E-state index contributed by atoms with van der Waals surface area (Å²) in [6, 6.07) is 0. The summed E-state index contributed by atoms with van der Waals surface area (Å²) in [5.74, 6) is 1.37. The summed E-state index contributed by atoms with van der Waals surface area (Å²) >= 11 is 0. The Hall–Kier alpha value is -1.36. The van der Waals surface area contributed by atoms with Crippen molar-refractivity contribution in [3.8, 4) is 0 Å². The van der Waals surface area contributed by atoms with Crippen molar-refractivity contribution in [3.05, 3.63) is 18.2 Å². The molecular weight excluding hydrogens is 228 g/mol. The summed E-state index contributed by atoms with van der Waals surface area (Å²) in [4.78, 5) is 18.2. The zero-order chi connectivity index (χ0) is 13.7. The number of hydrogen-bond donors (Lipinski definition) is 1. The third-order valence-corrected chi connectivity index (χ3v) is 3.07. The molecule has 0 saturated heterocycles. The van der Waals surface area contributed by atoms with Crippen LogP contribution in [0.3, 0.4) is 0 Å². The second-order valence-corrected chi connectivity index (χ2v) is 5.21. The molecule has 0 aliphatic rings. The highest BCUT2D eigenvalue weighted by Gasteiger charge is 2.22. The number of carbonyl (C=O) groups excluding carboxylic acids is 1. The van der Waals surface area contributed by atoms with Gasteiger partial charge in [0.05, 0.1) is 12.5 Å². The molecule has 0 aliphatic heterocycles. The number of nitrogens with zero attached hydrogens (tertiary/aromatic N) is 3. The average molecular weight is 252 g/mol. The molecule has 0 aliphatic carbocycles. The lowest BCUT2D eigenvalue weighted by Gasteiger charge is -2.23. The molecule has 2 N–H and O–H groups in total. The molecule has 0 bridgehead atoms. The fourth-order valence-electron chi connectivity index (χ4n) is 2.02. The van der Waals surface area contributed by atoms with Crippen molar-refractivity contribution < 1.29 is 4.79 Å². The van der Waals surface area contributed by atoms with E-state index in [-0.39, 0.29) is 11.8 Å². The Bertz CT molecular complexity index is 386. The molecule has 1 heterocycles. The molecule has 0 fully saturated rings. The molecule has 18 heavy (non-hydrogen) atoms. The fourth-order valence-corrected chi connectivity index (χ4v) is 2.02. The second-order valence-electron chi connectivity index (χ2n) is 5.21. The maximum Gasteiger partial charge on any atom is 0.227 e. The van der Waals surface area contributed by atoms with Crippen LogP contribution in [-0.2, 0) is 18.4 Å². The van der Waals surface area contributed by atoms with Gasteiger partial charge in [-0.1, -0.05) is 13.8 Å². The summed E-state index contributed by atoms with van der Waals surface area (Å²) in [7, 11) is 3.73. The Morgan fingerprint density at radius 2 is 2.22 bits per heavy atom. The maximum absolute atomic E-state index is 12.3. The predicted octanol–water partition coefficient (Wildman–Crippen LogP) is 0.999. The number of aromatic nitrogens is 2. The van der Waals surface area contributed by atoms with Gasteiger partial charge in [-0.2, -0.15) is 0 Å². The van der Waals surface area contributed by atoms with Gasteiger partial charge in [-0.25, -0.2) is 4.98 Å². The Kier molecular flexibility index (Phi) is 5.34. The van der Waals surface area contributed by atoms with Crippen LogP contribution in [0.15, 0.2) is 12.4 Å². The van der Waals surface area contributed by atoms with Gasteiger partial charge in [0.1, 0.15) is 5.82 Å². The minimum absolute atomic E-state index is 0.0877. The van der Waals surface area contributed by atoms with Gasteiger partial charge in [-0.05, 0) is 12.3 Å². The quantitative estimate of drug-likeness (QED) is 0.821. The van der Waals surface area contributed by atoms with Crippen LogP contribution in [0.5, 0.6) is 0 Å². The van der Waals surface area contributed by atoms with E-state index in [0.29, 0.717) is 19.0 Å². The smallest absolute Gasteiger partial charge is 0.227 e. The zero-order valence-corrected chi connectivity index (χ0v) is 11.8. The van der Waals surface area contributed by atoms with Crippen molar-refractivity contribution in [1.29, 1.82) is 0 Å². The van der Waals surface area contributed by atoms with Crippen molar-refractivity contribution in [1.82, 2.24) is 14.5 Å². The summed E-state index contributed by atoms with van der Waals surface area (Å²) < 4.78 is 1.92. The van der Waals surface area contributed by atoms with Crippen molar-refractivity contribution in [2.75, 3.05) is 13.6 Å². The standard InChI is InChI=1S/C13H24N4O/c1-10(2)7-11(8-14)13(18)17(4)9-12-15-5-6-16(12)3/h5-6,10-11H,7-9,14H2,1-4H3. The van der Waals surface area contributed by atoms with Crippen molar-refractivity contribution in [2.45, 2.75) is 26.8 Å². The van der Waals surface area contributed by atoms with Crippen LogP contribution in [0.25, 0.3) is 0 Å². The monoisotopic (exact) mass is 252 g/mol. The van der Waals surface area contributed by atoms with Crippen LogP contribution in [0.4, 0.5) is 0 Å². The van der Waals surface area contributed by atoms with Gasteiger partial charge in [-0.3, -0.25) is 4.79 Å². The van der Waals surface area contributed by atoms with Crippen LogP contribution in [0.1, 0.15) is 26.1 Å². The minimum Gasteiger partial charge on any atom is -0.338 e. The van der Waals surface area contributed by atoms with E-state index >= 15 is 0 Å². The minimum atomic E-state index is -0.0877. The van der Waals surface area contributed by atoms with E-state index in [0.717, 1.165) is 12.2 Å². The number of imidazole rings is 1. The van der Waals surface area contributed by atoms with Gasteiger partial charge >= 0.3 is 0 Å². The SMILES string of the molecule is CC(C)CC(CN)C(=O)N(C)Cc1nccn1C. The van der Waals surface area contributed by atoms with Crippen LogP contribution in [-0.4, -0.2) is 34.0 Å². The first-order valence-corrected chi connectivity index (χ1v) is 6.37. The highest BCUT2D eigenvalue weighted by atomic mass is 16.2.